The monoisotopic (exact) mass is 521 g/mol. The highest BCUT2D eigenvalue weighted by atomic mass is 127. The molecular weight excluding hydrogens is 488 g/mol. The predicted molar refractivity (Wildman–Crippen MR) is 122 cm³/mol. The van der Waals surface area contributed by atoms with Crippen LogP contribution in [0.1, 0.15) is 37.4 Å². The van der Waals surface area contributed by atoms with Gasteiger partial charge >= 0.3 is 0 Å². The zero-order chi connectivity index (χ0) is 19.8. The standard InChI is InChI=1S/C21H32FN3O3.HI/c1-23-21(24-14-20(26-2)16-5-7-17(22)8-6-16)25-11-9-18(10-12-25)28-15-19-4-3-13-27-19;/h5-8,18-20H,3-4,9-15H2,1-2H3,(H,23,24);1H. The Morgan fingerprint density at radius 3 is 2.59 bits per heavy atom. The van der Waals surface area contributed by atoms with Crippen LogP contribution in [0.25, 0.3) is 0 Å². The lowest BCUT2D eigenvalue weighted by atomic mass is 10.1. The number of likely N-dealkylation sites (tertiary alicyclic amines) is 1. The summed E-state index contributed by atoms with van der Waals surface area (Å²) >= 11 is 0. The number of halogens is 2. The van der Waals surface area contributed by atoms with Gasteiger partial charge in [0.15, 0.2) is 5.96 Å². The molecule has 8 heteroatoms. The quantitative estimate of drug-likeness (QED) is 0.339. The van der Waals surface area contributed by atoms with Gasteiger partial charge in [-0.05, 0) is 43.4 Å². The Morgan fingerprint density at radius 1 is 1.28 bits per heavy atom. The maximum atomic E-state index is 13.1. The third-order valence-electron chi connectivity index (χ3n) is 5.47. The third kappa shape index (κ3) is 7.34. The van der Waals surface area contributed by atoms with E-state index < -0.39 is 0 Å². The van der Waals surface area contributed by atoms with Gasteiger partial charge in [-0.2, -0.15) is 0 Å². The number of nitrogens with zero attached hydrogens (tertiary/aromatic N) is 2. The molecule has 2 unspecified atom stereocenters. The number of guanidine groups is 1. The van der Waals surface area contributed by atoms with Crippen LogP contribution < -0.4 is 5.32 Å². The highest BCUT2D eigenvalue weighted by Crippen LogP contribution is 2.19. The van der Waals surface area contributed by atoms with Crippen molar-refractivity contribution in [2.24, 2.45) is 4.99 Å². The van der Waals surface area contributed by atoms with E-state index in [9.17, 15) is 4.39 Å². The average molecular weight is 521 g/mol. The summed E-state index contributed by atoms with van der Waals surface area (Å²) in [5.41, 5.74) is 0.938. The van der Waals surface area contributed by atoms with Gasteiger partial charge in [0.25, 0.3) is 0 Å². The summed E-state index contributed by atoms with van der Waals surface area (Å²) in [6, 6.07) is 6.42. The second kappa shape index (κ2) is 12.7. The number of hydrogen-bond donors (Lipinski definition) is 1. The number of ether oxygens (including phenoxy) is 3. The van der Waals surface area contributed by atoms with Crippen molar-refractivity contribution in [1.29, 1.82) is 0 Å². The number of benzene rings is 1. The van der Waals surface area contributed by atoms with Crippen LogP contribution in [0.5, 0.6) is 0 Å². The lowest BCUT2D eigenvalue weighted by molar-refractivity contribution is -0.0367. The van der Waals surface area contributed by atoms with Gasteiger partial charge in [0.2, 0.25) is 0 Å². The van der Waals surface area contributed by atoms with Crippen molar-refractivity contribution < 1.29 is 18.6 Å². The molecule has 0 amide bonds. The minimum absolute atomic E-state index is 0. The number of methoxy groups -OCH3 is 1. The van der Waals surface area contributed by atoms with E-state index in [0.717, 1.165) is 56.9 Å². The smallest absolute Gasteiger partial charge is 0.193 e. The molecule has 2 aliphatic rings. The molecule has 1 aromatic carbocycles. The molecule has 6 nitrogen and oxygen atoms in total. The topological polar surface area (TPSA) is 55.3 Å². The van der Waals surface area contributed by atoms with Crippen LogP contribution in [0.15, 0.2) is 29.3 Å². The molecule has 2 atom stereocenters. The van der Waals surface area contributed by atoms with Gasteiger partial charge in [-0.25, -0.2) is 4.39 Å². The summed E-state index contributed by atoms with van der Waals surface area (Å²) in [7, 11) is 3.46. The van der Waals surface area contributed by atoms with Crippen LogP contribution in [0.2, 0.25) is 0 Å². The van der Waals surface area contributed by atoms with E-state index in [4.69, 9.17) is 14.2 Å². The average Bonchev–Trinajstić information content (AvgIpc) is 3.25. The number of piperidine rings is 1. The van der Waals surface area contributed by atoms with Crippen LogP contribution in [-0.4, -0.2) is 70.1 Å². The van der Waals surface area contributed by atoms with Gasteiger partial charge in [-0.15, -0.1) is 24.0 Å². The summed E-state index contributed by atoms with van der Waals surface area (Å²) in [6.07, 6.45) is 4.65. The molecule has 1 aromatic rings. The van der Waals surface area contributed by atoms with Gasteiger partial charge in [0, 0.05) is 40.4 Å². The molecule has 0 bridgehead atoms. The second-order valence-electron chi connectivity index (χ2n) is 7.36. The molecule has 0 spiro atoms. The Balaban J connectivity index is 0.00000300. The molecule has 0 saturated carbocycles. The minimum Gasteiger partial charge on any atom is -0.376 e. The fraction of sp³-hybridized carbons (Fsp3) is 0.667. The molecular formula is C21H33FIN3O3. The normalized spacial score (nSPS) is 21.7. The molecule has 0 aliphatic carbocycles. The van der Waals surface area contributed by atoms with Crippen LogP contribution in [0.4, 0.5) is 4.39 Å². The number of nitrogens with one attached hydrogen (secondary N) is 1. The van der Waals surface area contributed by atoms with Gasteiger partial charge in [0.05, 0.1) is 24.9 Å². The van der Waals surface area contributed by atoms with Crippen molar-refractivity contribution in [2.45, 2.75) is 44.0 Å². The molecule has 0 radical (unpaired) electrons. The first-order valence-corrected chi connectivity index (χ1v) is 10.2. The van der Waals surface area contributed by atoms with Crippen molar-refractivity contribution in [1.82, 2.24) is 10.2 Å². The van der Waals surface area contributed by atoms with Crippen LogP contribution >= 0.6 is 24.0 Å². The van der Waals surface area contributed by atoms with E-state index in [1.54, 1.807) is 26.3 Å². The highest BCUT2D eigenvalue weighted by Gasteiger charge is 2.24. The number of aliphatic imine (C=N–C) groups is 1. The molecule has 29 heavy (non-hydrogen) atoms. The first-order valence-electron chi connectivity index (χ1n) is 10.2. The zero-order valence-corrected chi connectivity index (χ0v) is 19.6. The Labute approximate surface area is 190 Å². The van der Waals surface area contributed by atoms with Crippen molar-refractivity contribution in [3.05, 3.63) is 35.6 Å². The fourth-order valence-electron chi connectivity index (χ4n) is 3.78. The van der Waals surface area contributed by atoms with E-state index in [-0.39, 0.29) is 42.0 Å². The Morgan fingerprint density at radius 2 is 2.00 bits per heavy atom. The lowest BCUT2D eigenvalue weighted by Gasteiger charge is -2.35. The van der Waals surface area contributed by atoms with E-state index in [1.165, 1.54) is 12.1 Å². The predicted octanol–water partition coefficient (Wildman–Crippen LogP) is 3.37. The van der Waals surface area contributed by atoms with Gasteiger partial charge in [-0.1, -0.05) is 12.1 Å². The molecule has 2 saturated heterocycles. The van der Waals surface area contributed by atoms with E-state index >= 15 is 0 Å². The van der Waals surface area contributed by atoms with Crippen LogP contribution in [-0.2, 0) is 14.2 Å². The summed E-state index contributed by atoms with van der Waals surface area (Å²) in [5.74, 6) is 0.619. The second-order valence-corrected chi connectivity index (χ2v) is 7.36. The van der Waals surface area contributed by atoms with Crippen LogP contribution in [0.3, 0.4) is 0 Å². The first-order chi connectivity index (χ1) is 13.7. The minimum atomic E-state index is -0.244. The Hall–Kier alpha value is -0.970. The van der Waals surface area contributed by atoms with Crippen molar-refractivity contribution >= 4 is 29.9 Å². The molecule has 3 rings (SSSR count). The van der Waals surface area contributed by atoms with E-state index in [0.29, 0.717) is 19.3 Å². The SMILES string of the molecule is CN=C(NCC(OC)c1ccc(F)cc1)N1CCC(OCC2CCCO2)CC1.I. The summed E-state index contributed by atoms with van der Waals surface area (Å²) in [4.78, 5) is 6.67. The van der Waals surface area contributed by atoms with Crippen LogP contribution in [0, 0.1) is 5.82 Å². The highest BCUT2D eigenvalue weighted by molar-refractivity contribution is 14.0. The Bertz CT molecular complexity index is 618. The molecule has 1 N–H and O–H groups in total. The maximum Gasteiger partial charge on any atom is 0.193 e. The third-order valence-corrected chi connectivity index (χ3v) is 5.47. The van der Waals surface area contributed by atoms with Crippen molar-refractivity contribution in [3.8, 4) is 0 Å². The van der Waals surface area contributed by atoms with Gasteiger partial charge in [0.1, 0.15) is 5.82 Å². The summed E-state index contributed by atoms with van der Waals surface area (Å²) in [5, 5.41) is 3.39. The molecule has 2 aliphatic heterocycles. The van der Waals surface area contributed by atoms with Gasteiger partial charge < -0.3 is 24.4 Å². The molecule has 2 fully saturated rings. The zero-order valence-electron chi connectivity index (χ0n) is 17.3. The number of hydrogen-bond acceptors (Lipinski definition) is 4. The fourth-order valence-corrected chi connectivity index (χ4v) is 3.78. The largest absolute Gasteiger partial charge is 0.376 e. The Kier molecular flexibility index (Phi) is 10.6. The molecule has 2 heterocycles. The summed E-state index contributed by atoms with van der Waals surface area (Å²) in [6.45, 7) is 3.97. The first kappa shape index (κ1) is 24.3. The van der Waals surface area contributed by atoms with E-state index in [2.05, 4.69) is 15.2 Å². The van der Waals surface area contributed by atoms with Crippen molar-refractivity contribution in [3.63, 3.8) is 0 Å². The maximum absolute atomic E-state index is 13.1. The molecule has 164 valence electrons. The molecule has 0 aromatic heterocycles. The van der Waals surface area contributed by atoms with Gasteiger partial charge in [-0.3, -0.25) is 4.99 Å². The number of rotatable bonds is 7. The lowest BCUT2D eigenvalue weighted by Crippen LogP contribution is -2.48. The van der Waals surface area contributed by atoms with Crippen molar-refractivity contribution in [2.75, 3.05) is 47.0 Å². The van der Waals surface area contributed by atoms with E-state index in [1.807, 2.05) is 0 Å². The summed E-state index contributed by atoms with van der Waals surface area (Å²) < 4.78 is 30.4.